The van der Waals surface area contributed by atoms with Gasteiger partial charge in [-0.1, -0.05) is 12.1 Å². The smallest absolute Gasteiger partial charge is 0.545 e. The number of carbonyl (C=O) groups excluding carboxylic acids is 1. The van der Waals surface area contributed by atoms with Gasteiger partial charge < -0.3 is 19.4 Å². The number of carboxylic acids is 1. The number of carbonyl (C=O) groups is 1. The number of rotatable bonds is 1. The van der Waals surface area contributed by atoms with Crippen LogP contribution in [0, 0.1) is 0 Å². The largest absolute Gasteiger partial charge is 1.00 e. The van der Waals surface area contributed by atoms with Gasteiger partial charge in [0.15, 0.2) is 0 Å². The van der Waals surface area contributed by atoms with Gasteiger partial charge in [0.1, 0.15) is 5.60 Å². The van der Waals surface area contributed by atoms with Crippen LogP contribution in [-0.2, 0) is 21.7 Å². The molecule has 5 heteroatoms. The zero-order chi connectivity index (χ0) is 11.2. The van der Waals surface area contributed by atoms with Crippen LogP contribution in [0.3, 0.4) is 0 Å². The predicted molar refractivity (Wildman–Crippen MR) is 52.7 cm³/mol. The van der Waals surface area contributed by atoms with E-state index in [1.165, 1.54) is 0 Å². The summed E-state index contributed by atoms with van der Waals surface area (Å²) in [5.41, 5.74) is 1.76. The molecule has 84 valence electrons. The predicted octanol–water partition coefficient (Wildman–Crippen LogP) is -2.80. The maximum absolute atomic E-state index is 10.8. The normalized spacial score (nSPS) is 25.6. The molecule has 1 atom stereocenters. The van der Waals surface area contributed by atoms with Gasteiger partial charge in [0.2, 0.25) is 0 Å². The van der Waals surface area contributed by atoms with Gasteiger partial charge in [0.25, 0.3) is 0 Å². The summed E-state index contributed by atoms with van der Waals surface area (Å²) in [5.74, 6) is -1.15. The molecule has 1 fully saturated rings. The molecule has 1 unspecified atom stereocenters. The summed E-state index contributed by atoms with van der Waals surface area (Å²) < 4.78 is 11.0. The molecule has 0 bridgehead atoms. The fourth-order valence-corrected chi connectivity index (χ4v) is 2.33. The van der Waals surface area contributed by atoms with Crippen molar-refractivity contribution in [1.82, 2.24) is 0 Å². The Labute approximate surface area is 111 Å². The first kappa shape index (κ1) is 12.7. The van der Waals surface area contributed by atoms with Crippen molar-refractivity contribution in [1.29, 1.82) is 0 Å². The molecule has 2 heterocycles. The first-order valence-electron chi connectivity index (χ1n) is 5.28. The van der Waals surface area contributed by atoms with Gasteiger partial charge in [-0.05, 0) is 22.8 Å². The number of ether oxygens (including phenoxy) is 2. The zero-order valence-electron chi connectivity index (χ0n) is 9.69. The van der Waals surface area contributed by atoms with Crippen molar-refractivity contribution < 1.29 is 38.2 Å². The Bertz CT molecular complexity index is 454. The van der Waals surface area contributed by atoms with Crippen LogP contribution in [0.5, 0.6) is 0 Å². The molecule has 0 aromatic heterocycles. The van der Waals surface area contributed by atoms with Gasteiger partial charge in [-0.3, -0.25) is 0 Å². The quantitative estimate of drug-likeness (QED) is 0.485. The van der Waals surface area contributed by atoms with Gasteiger partial charge in [-0.15, -0.1) is 0 Å². The number of benzene rings is 1. The van der Waals surface area contributed by atoms with Crippen molar-refractivity contribution in [2.75, 3.05) is 13.2 Å². The maximum atomic E-state index is 10.8. The van der Waals surface area contributed by atoms with E-state index in [4.69, 9.17) is 9.47 Å². The van der Waals surface area contributed by atoms with Crippen LogP contribution in [0.1, 0.15) is 27.9 Å². The van der Waals surface area contributed by atoms with E-state index >= 15 is 0 Å². The van der Waals surface area contributed by atoms with Crippen molar-refractivity contribution in [2.24, 2.45) is 0 Å². The van der Waals surface area contributed by atoms with Crippen LogP contribution in [-0.4, -0.2) is 19.2 Å². The average Bonchev–Trinajstić information content (AvgIpc) is 2.25. The Kier molecular flexibility index (Phi) is 3.33. The standard InChI is InChI=1S/C12H12O4.Li/c13-11(14)8-1-2-9-6-15-7-12(3-4-16-12)10(9)5-8;/h1-2,5H,3-4,6-7H2,(H,13,14);/q;+1/p-1. The van der Waals surface area contributed by atoms with Crippen LogP contribution >= 0.6 is 0 Å². The minimum absolute atomic E-state index is 0. The summed E-state index contributed by atoms with van der Waals surface area (Å²) in [5, 5.41) is 10.8. The Morgan fingerprint density at radius 1 is 1.41 bits per heavy atom. The van der Waals surface area contributed by atoms with Crippen LogP contribution < -0.4 is 24.0 Å². The van der Waals surface area contributed by atoms with Crippen LogP contribution in [0.15, 0.2) is 18.2 Å². The Morgan fingerprint density at radius 2 is 2.18 bits per heavy atom. The van der Waals surface area contributed by atoms with E-state index in [0.717, 1.165) is 17.5 Å². The second kappa shape index (κ2) is 4.47. The molecule has 0 radical (unpaired) electrons. The number of hydrogen-bond acceptors (Lipinski definition) is 4. The Balaban J connectivity index is 0.00000108. The molecule has 1 spiro atoms. The first-order valence-corrected chi connectivity index (χ1v) is 5.28. The monoisotopic (exact) mass is 226 g/mol. The van der Waals surface area contributed by atoms with E-state index in [2.05, 4.69) is 0 Å². The molecule has 2 aliphatic rings. The summed E-state index contributed by atoms with van der Waals surface area (Å²) in [4.78, 5) is 10.8. The van der Waals surface area contributed by atoms with Gasteiger partial charge >= 0.3 is 18.9 Å². The molecule has 0 amide bonds. The fourth-order valence-electron chi connectivity index (χ4n) is 2.33. The van der Waals surface area contributed by atoms with Crippen molar-refractivity contribution in [3.63, 3.8) is 0 Å². The summed E-state index contributed by atoms with van der Waals surface area (Å²) in [7, 11) is 0. The van der Waals surface area contributed by atoms with Gasteiger partial charge in [-0.25, -0.2) is 0 Å². The molecule has 17 heavy (non-hydrogen) atoms. The maximum Gasteiger partial charge on any atom is 1.00 e. The summed E-state index contributed by atoms with van der Waals surface area (Å²) in [6, 6.07) is 4.99. The third-order valence-electron chi connectivity index (χ3n) is 3.31. The summed E-state index contributed by atoms with van der Waals surface area (Å²) in [6.45, 7) is 1.74. The second-order valence-electron chi connectivity index (χ2n) is 4.24. The van der Waals surface area contributed by atoms with E-state index < -0.39 is 11.6 Å². The third-order valence-corrected chi connectivity index (χ3v) is 3.31. The van der Waals surface area contributed by atoms with Crippen LogP contribution in [0.4, 0.5) is 0 Å². The summed E-state index contributed by atoms with van der Waals surface area (Å²) in [6.07, 6.45) is 0.885. The number of carboxylic acid groups (broad SMARTS) is 1. The Hall–Kier alpha value is -0.793. The molecule has 3 rings (SSSR count). The van der Waals surface area contributed by atoms with E-state index in [1.54, 1.807) is 18.2 Å². The molecule has 1 aromatic carbocycles. The molecule has 1 aromatic rings. The van der Waals surface area contributed by atoms with Crippen LogP contribution in [0.25, 0.3) is 0 Å². The molecule has 1 saturated heterocycles. The molecule has 0 N–H and O–H groups in total. The third kappa shape index (κ3) is 1.92. The van der Waals surface area contributed by atoms with Crippen molar-refractivity contribution in [3.8, 4) is 0 Å². The zero-order valence-corrected chi connectivity index (χ0v) is 9.69. The number of hydrogen-bond donors (Lipinski definition) is 0. The number of aromatic carboxylic acids is 1. The first-order chi connectivity index (χ1) is 7.71. The Morgan fingerprint density at radius 3 is 2.76 bits per heavy atom. The fraction of sp³-hybridized carbons (Fsp3) is 0.417. The molecule has 0 aliphatic carbocycles. The molecular formula is C12H11LiO4. The molecule has 0 saturated carbocycles. The second-order valence-corrected chi connectivity index (χ2v) is 4.24. The van der Waals surface area contributed by atoms with E-state index in [-0.39, 0.29) is 24.4 Å². The topological polar surface area (TPSA) is 58.6 Å². The van der Waals surface area contributed by atoms with E-state index in [9.17, 15) is 9.90 Å². The van der Waals surface area contributed by atoms with E-state index in [0.29, 0.717) is 19.8 Å². The van der Waals surface area contributed by atoms with Gasteiger partial charge in [0, 0.05) is 6.42 Å². The van der Waals surface area contributed by atoms with Crippen molar-refractivity contribution >= 4 is 5.97 Å². The average molecular weight is 226 g/mol. The van der Waals surface area contributed by atoms with Crippen molar-refractivity contribution in [3.05, 3.63) is 34.9 Å². The summed E-state index contributed by atoms with van der Waals surface area (Å²) >= 11 is 0. The van der Waals surface area contributed by atoms with Crippen molar-refractivity contribution in [2.45, 2.75) is 18.6 Å². The SMILES string of the molecule is O=C([O-])c1ccc2c(c1)C1(CCO1)COC2.[Li+]. The van der Waals surface area contributed by atoms with Gasteiger partial charge in [-0.2, -0.15) is 0 Å². The molecular weight excluding hydrogens is 215 g/mol. The molecule has 4 nitrogen and oxygen atoms in total. The van der Waals surface area contributed by atoms with Crippen LogP contribution in [0.2, 0.25) is 0 Å². The van der Waals surface area contributed by atoms with E-state index in [1.807, 2.05) is 0 Å². The minimum atomic E-state index is -1.15. The minimum Gasteiger partial charge on any atom is -0.545 e. The van der Waals surface area contributed by atoms with Gasteiger partial charge in [0.05, 0.1) is 25.8 Å². The number of fused-ring (bicyclic) bond motifs is 2. The molecule has 2 aliphatic heterocycles.